The molecule has 0 aliphatic heterocycles. The Hall–Kier alpha value is -0.730. The van der Waals surface area contributed by atoms with E-state index in [2.05, 4.69) is 108 Å². The Kier molecular flexibility index (Phi) is 7.74. The van der Waals surface area contributed by atoms with Crippen LogP contribution < -0.4 is 10.6 Å². The molecule has 0 aromatic carbocycles. The summed E-state index contributed by atoms with van der Waals surface area (Å²) >= 11 is 0. The first kappa shape index (κ1) is 26.3. The Morgan fingerprint density at radius 1 is 0.593 bits per heavy atom. The van der Waals surface area contributed by atoms with Crippen molar-refractivity contribution < 1.29 is 4.79 Å². The maximum Gasteiger partial charge on any atom is 0.315 e. The van der Waals surface area contributed by atoms with Crippen LogP contribution in [0.2, 0.25) is 0 Å². The first-order chi connectivity index (χ1) is 11.6. The summed E-state index contributed by atoms with van der Waals surface area (Å²) in [6.07, 6.45) is 2.98. The molecule has 0 aromatic heterocycles. The number of nitrogens with one attached hydrogen (secondary N) is 2. The van der Waals surface area contributed by atoms with E-state index in [9.17, 15) is 4.79 Å². The zero-order chi connectivity index (χ0) is 22.1. The lowest BCUT2D eigenvalue weighted by Gasteiger charge is -2.47. The Morgan fingerprint density at radius 2 is 0.926 bits per heavy atom. The molecule has 2 N–H and O–H groups in total. The Bertz CT molecular complexity index is 505. The summed E-state index contributed by atoms with van der Waals surface area (Å²) in [5.74, 6) is 0. The van der Waals surface area contributed by atoms with Gasteiger partial charge in [-0.25, -0.2) is 4.79 Å². The number of amides is 2. The van der Waals surface area contributed by atoms with Crippen LogP contribution in [0.3, 0.4) is 0 Å². The molecule has 0 aliphatic carbocycles. The highest BCUT2D eigenvalue weighted by Crippen LogP contribution is 2.46. The van der Waals surface area contributed by atoms with Crippen LogP contribution in [0.25, 0.3) is 0 Å². The van der Waals surface area contributed by atoms with Gasteiger partial charge in [0, 0.05) is 11.1 Å². The molecule has 0 saturated carbocycles. The minimum absolute atomic E-state index is 0.0696. The van der Waals surface area contributed by atoms with Gasteiger partial charge < -0.3 is 10.6 Å². The molecule has 0 radical (unpaired) electrons. The van der Waals surface area contributed by atoms with Gasteiger partial charge in [-0.1, -0.05) is 75.7 Å². The maximum atomic E-state index is 12.8. The smallest absolute Gasteiger partial charge is 0.315 e. The van der Waals surface area contributed by atoms with Crippen LogP contribution in [0.5, 0.6) is 0 Å². The topological polar surface area (TPSA) is 41.1 Å². The van der Waals surface area contributed by atoms with Crippen LogP contribution in [-0.4, -0.2) is 17.1 Å². The third kappa shape index (κ3) is 7.66. The molecule has 2 amide bonds. The molecule has 27 heavy (non-hydrogen) atoms. The van der Waals surface area contributed by atoms with Crippen LogP contribution >= 0.6 is 0 Å². The summed E-state index contributed by atoms with van der Waals surface area (Å²) in [5.41, 5.74) is 0.107. The summed E-state index contributed by atoms with van der Waals surface area (Å²) in [5, 5.41) is 6.47. The van der Waals surface area contributed by atoms with E-state index in [1.165, 1.54) is 0 Å². The molecule has 0 bridgehead atoms. The van der Waals surface area contributed by atoms with Gasteiger partial charge in [-0.15, -0.1) is 0 Å². The summed E-state index contributed by atoms with van der Waals surface area (Å²) in [6.45, 7) is 31.4. The first-order valence-electron chi connectivity index (χ1n) is 10.7. The van der Waals surface area contributed by atoms with Crippen molar-refractivity contribution in [2.24, 2.45) is 21.7 Å². The fourth-order valence-electron chi connectivity index (χ4n) is 3.93. The molecule has 0 spiro atoms. The standard InChI is InChI=1S/C24H50N2O/c1-15-20(5,6)22(9,10)17-24(13,14)26-18(27)25-23(11,12)16-21(7,8)19(2,3)4/h15-17H2,1-14H3,(H2,25,26,27). The molecule has 0 rings (SSSR count). The minimum atomic E-state index is -0.269. The number of carbonyl (C=O) groups is 1. The van der Waals surface area contributed by atoms with Gasteiger partial charge >= 0.3 is 6.03 Å². The number of urea groups is 1. The lowest BCUT2D eigenvalue weighted by atomic mass is 9.62. The highest BCUT2D eigenvalue weighted by atomic mass is 16.2. The van der Waals surface area contributed by atoms with E-state index in [1.807, 2.05) is 0 Å². The van der Waals surface area contributed by atoms with Crippen molar-refractivity contribution in [2.75, 3.05) is 0 Å². The second-order valence-corrected chi connectivity index (χ2v) is 13.0. The largest absolute Gasteiger partial charge is 0.333 e. The number of rotatable bonds is 8. The summed E-state index contributed by atoms with van der Waals surface area (Å²) < 4.78 is 0. The summed E-state index contributed by atoms with van der Waals surface area (Å²) in [4.78, 5) is 12.8. The third-order valence-electron chi connectivity index (χ3n) is 7.42. The minimum Gasteiger partial charge on any atom is -0.333 e. The van der Waals surface area contributed by atoms with Gasteiger partial charge in [-0.05, 0) is 62.2 Å². The molecular weight excluding hydrogens is 332 g/mol. The number of hydrogen-bond donors (Lipinski definition) is 2. The molecule has 0 aromatic rings. The van der Waals surface area contributed by atoms with Gasteiger partial charge in [0.15, 0.2) is 0 Å². The van der Waals surface area contributed by atoms with Crippen molar-refractivity contribution in [3.63, 3.8) is 0 Å². The quantitative estimate of drug-likeness (QED) is 0.459. The number of carbonyl (C=O) groups excluding carboxylic acids is 1. The van der Waals surface area contributed by atoms with Gasteiger partial charge in [-0.3, -0.25) is 0 Å². The Morgan fingerprint density at radius 3 is 1.22 bits per heavy atom. The van der Waals surface area contributed by atoms with Crippen LogP contribution in [0.1, 0.15) is 116 Å². The zero-order valence-corrected chi connectivity index (χ0v) is 21.0. The molecule has 0 fully saturated rings. The summed E-state index contributed by atoms with van der Waals surface area (Å²) in [6, 6.07) is -0.0696. The van der Waals surface area contributed by atoms with Gasteiger partial charge in [0.25, 0.3) is 0 Å². The first-order valence-corrected chi connectivity index (χ1v) is 10.7. The predicted molar refractivity (Wildman–Crippen MR) is 120 cm³/mol. The third-order valence-corrected chi connectivity index (χ3v) is 7.42. The SMILES string of the molecule is CCC(C)(C)C(C)(C)CC(C)(C)NC(=O)NC(C)(C)CC(C)(C)C(C)(C)C. The van der Waals surface area contributed by atoms with Gasteiger partial charge in [0.05, 0.1) is 0 Å². The van der Waals surface area contributed by atoms with Crippen molar-refractivity contribution in [3.05, 3.63) is 0 Å². The van der Waals surface area contributed by atoms with Crippen LogP contribution in [0.15, 0.2) is 0 Å². The zero-order valence-electron chi connectivity index (χ0n) is 21.0. The van der Waals surface area contributed by atoms with E-state index in [0.29, 0.717) is 0 Å². The molecular formula is C24H50N2O. The Balaban J connectivity index is 5.08. The second-order valence-electron chi connectivity index (χ2n) is 13.0. The van der Waals surface area contributed by atoms with E-state index in [1.54, 1.807) is 0 Å². The van der Waals surface area contributed by atoms with E-state index in [-0.39, 0.29) is 38.8 Å². The highest BCUT2D eigenvalue weighted by Gasteiger charge is 2.41. The molecule has 0 unspecified atom stereocenters. The monoisotopic (exact) mass is 382 g/mol. The van der Waals surface area contributed by atoms with Crippen LogP contribution in [0.4, 0.5) is 4.79 Å². The molecule has 162 valence electrons. The fourth-order valence-corrected chi connectivity index (χ4v) is 3.93. The van der Waals surface area contributed by atoms with Gasteiger partial charge in [0.1, 0.15) is 0 Å². The molecule has 3 heteroatoms. The van der Waals surface area contributed by atoms with E-state index < -0.39 is 0 Å². The average Bonchev–Trinajstić information content (AvgIpc) is 2.31. The predicted octanol–water partition coefficient (Wildman–Crippen LogP) is 7.16. The van der Waals surface area contributed by atoms with Crippen LogP contribution in [-0.2, 0) is 0 Å². The molecule has 0 saturated heterocycles. The van der Waals surface area contributed by atoms with Gasteiger partial charge in [-0.2, -0.15) is 0 Å². The van der Waals surface area contributed by atoms with E-state index in [4.69, 9.17) is 0 Å². The van der Waals surface area contributed by atoms with E-state index in [0.717, 1.165) is 19.3 Å². The Labute approximate surface area is 170 Å². The van der Waals surface area contributed by atoms with E-state index >= 15 is 0 Å². The maximum absolute atomic E-state index is 12.8. The average molecular weight is 383 g/mol. The lowest BCUT2D eigenvalue weighted by molar-refractivity contribution is 0.0632. The lowest BCUT2D eigenvalue weighted by Crippen LogP contribution is -2.57. The van der Waals surface area contributed by atoms with Crippen molar-refractivity contribution >= 4 is 6.03 Å². The normalized spacial score (nSPS) is 14.9. The van der Waals surface area contributed by atoms with Crippen molar-refractivity contribution in [2.45, 2.75) is 127 Å². The van der Waals surface area contributed by atoms with Gasteiger partial charge in [0.2, 0.25) is 0 Å². The second kappa shape index (κ2) is 7.95. The molecule has 0 aliphatic rings. The van der Waals surface area contributed by atoms with Crippen molar-refractivity contribution in [3.8, 4) is 0 Å². The number of hydrogen-bond acceptors (Lipinski definition) is 1. The highest BCUT2D eigenvalue weighted by molar-refractivity contribution is 5.75. The van der Waals surface area contributed by atoms with Crippen molar-refractivity contribution in [1.29, 1.82) is 0 Å². The van der Waals surface area contributed by atoms with Crippen molar-refractivity contribution in [1.82, 2.24) is 10.6 Å². The molecule has 0 heterocycles. The molecule has 3 nitrogen and oxygen atoms in total. The fraction of sp³-hybridized carbons (Fsp3) is 0.958. The molecule has 0 atom stereocenters. The summed E-state index contributed by atoms with van der Waals surface area (Å²) in [7, 11) is 0. The van der Waals surface area contributed by atoms with Crippen LogP contribution in [0, 0.1) is 21.7 Å².